The number of benzene rings is 2. The van der Waals surface area contributed by atoms with Gasteiger partial charge in [-0.15, -0.1) is 11.3 Å². The lowest BCUT2D eigenvalue weighted by Crippen LogP contribution is -2.12. The number of hydrogen-bond donors (Lipinski definition) is 1. The number of nitrogens with one attached hydrogen (secondary N) is 1. The van der Waals surface area contributed by atoms with Crippen LogP contribution in [0.1, 0.15) is 32.2 Å². The van der Waals surface area contributed by atoms with Gasteiger partial charge in [0.2, 0.25) is 0 Å². The summed E-state index contributed by atoms with van der Waals surface area (Å²) in [5.74, 6) is 0.171. The summed E-state index contributed by atoms with van der Waals surface area (Å²) in [6, 6.07) is 19.7. The fraction of sp³-hybridized carbons (Fsp3) is 0.174. The first-order valence-corrected chi connectivity index (χ1v) is 10.2. The van der Waals surface area contributed by atoms with Crippen molar-refractivity contribution in [1.82, 2.24) is 9.97 Å². The third kappa shape index (κ3) is 4.27. The number of carbonyl (C=O) groups excluding carboxylic acids is 1. The van der Waals surface area contributed by atoms with Gasteiger partial charge in [-0.25, -0.2) is 9.78 Å². The van der Waals surface area contributed by atoms with Crippen LogP contribution in [-0.4, -0.2) is 22.5 Å². The number of hydrogen-bond acceptors (Lipinski definition) is 5. The van der Waals surface area contributed by atoms with Crippen LogP contribution in [0.25, 0.3) is 10.2 Å². The van der Waals surface area contributed by atoms with Crippen molar-refractivity contribution < 1.29 is 9.53 Å². The number of ether oxygens (including phenoxy) is 1. The highest BCUT2D eigenvalue weighted by molar-refractivity contribution is 7.20. The second kappa shape index (κ2) is 8.41. The summed E-state index contributed by atoms with van der Waals surface area (Å²) < 4.78 is 5.44. The zero-order chi connectivity index (χ0) is 20.2. The van der Waals surface area contributed by atoms with Crippen LogP contribution < -0.4 is 5.56 Å². The first-order valence-electron chi connectivity index (χ1n) is 9.39. The van der Waals surface area contributed by atoms with E-state index in [9.17, 15) is 9.59 Å². The molecule has 0 aliphatic rings. The van der Waals surface area contributed by atoms with Gasteiger partial charge in [-0.2, -0.15) is 0 Å². The van der Waals surface area contributed by atoms with E-state index >= 15 is 0 Å². The minimum Gasteiger partial charge on any atom is -0.461 e. The Balaban J connectivity index is 1.54. The maximum atomic E-state index is 12.6. The largest absolute Gasteiger partial charge is 0.461 e. The number of H-pyrrole nitrogens is 1. The van der Waals surface area contributed by atoms with Crippen molar-refractivity contribution in [3.8, 4) is 0 Å². The van der Waals surface area contributed by atoms with Crippen molar-refractivity contribution in [2.45, 2.75) is 19.8 Å². The van der Waals surface area contributed by atoms with Crippen LogP contribution in [-0.2, 0) is 17.6 Å². The molecule has 0 radical (unpaired) electrons. The highest BCUT2D eigenvalue weighted by atomic mass is 32.1. The van der Waals surface area contributed by atoms with E-state index in [4.69, 9.17) is 4.74 Å². The van der Waals surface area contributed by atoms with Gasteiger partial charge in [0.1, 0.15) is 15.5 Å². The molecule has 29 heavy (non-hydrogen) atoms. The van der Waals surface area contributed by atoms with Crippen LogP contribution in [0.3, 0.4) is 0 Å². The van der Waals surface area contributed by atoms with Gasteiger partial charge in [-0.3, -0.25) is 4.79 Å². The summed E-state index contributed by atoms with van der Waals surface area (Å²) in [6.45, 7) is 2.06. The third-order valence-electron chi connectivity index (χ3n) is 4.72. The van der Waals surface area contributed by atoms with Crippen molar-refractivity contribution >= 4 is 27.5 Å². The molecule has 146 valence electrons. The number of fused-ring (bicyclic) bond motifs is 1. The third-order valence-corrected chi connectivity index (χ3v) is 5.88. The molecule has 0 bridgehead atoms. The molecule has 0 saturated carbocycles. The predicted molar refractivity (Wildman–Crippen MR) is 115 cm³/mol. The maximum Gasteiger partial charge on any atom is 0.348 e. The molecular weight excluding hydrogens is 384 g/mol. The highest BCUT2D eigenvalue weighted by Crippen LogP contribution is 2.28. The van der Waals surface area contributed by atoms with Crippen molar-refractivity contribution in [1.29, 1.82) is 0 Å². The SMILES string of the molecule is Cc1c(C(=O)OCCc2ccccc2)sc2nc(Cc3ccccc3)[nH]c(=O)c12. The molecular formula is C23H20N2O3S. The van der Waals surface area contributed by atoms with E-state index in [-0.39, 0.29) is 5.56 Å². The Hall–Kier alpha value is -3.25. The normalized spacial score (nSPS) is 10.9. The maximum absolute atomic E-state index is 12.6. The molecule has 4 rings (SSSR count). The number of aryl methyl sites for hydroxylation is 1. The number of carbonyl (C=O) groups is 1. The molecule has 0 aliphatic heterocycles. The second-order valence-electron chi connectivity index (χ2n) is 6.78. The van der Waals surface area contributed by atoms with E-state index in [0.717, 1.165) is 11.1 Å². The zero-order valence-electron chi connectivity index (χ0n) is 16.0. The average Bonchev–Trinajstić information content (AvgIpc) is 3.06. The molecule has 5 nitrogen and oxygen atoms in total. The topological polar surface area (TPSA) is 72.0 Å². The minimum atomic E-state index is -0.412. The van der Waals surface area contributed by atoms with E-state index in [1.54, 1.807) is 6.92 Å². The molecule has 6 heteroatoms. The summed E-state index contributed by atoms with van der Waals surface area (Å²) in [4.78, 5) is 33.6. The van der Waals surface area contributed by atoms with Gasteiger partial charge in [-0.1, -0.05) is 60.7 Å². The summed E-state index contributed by atoms with van der Waals surface area (Å²) in [5.41, 5.74) is 2.56. The Morgan fingerprint density at radius 1 is 1.03 bits per heavy atom. The number of rotatable bonds is 6. The van der Waals surface area contributed by atoms with Crippen molar-refractivity contribution in [3.63, 3.8) is 0 Å². The molecule has 0 spiro atoms. The van der Waals surface area contributed by atoms with Crippen LogP contribution in [0.15, 0.2) is 65.5 Å². The molecule has 2 aromatic heterocycles. The Bertz CT molecular complexity index is 1200. The Kier molecular flexibility index (Phi) is 5.53. The summed E-state index contributed by atoms with van der Waals surface area (Å²) in [7, 11) is 0. The van der Waals surface area contributed by atoms with Gasteiger partial charge in [0.25, 0.3) is 5.56 Å². The number of aromatic nitrogens is 2. The molecule has 0 atom stereocenters. The fourth-order valence-electron chi connectivity index (χ4n) is 3.23. The number of nitrogens with zero attached hydrogens (tertiary/aromatic N) is 1. The van der Waals surface area contributed by atoms with Crippen LogP contribution in [0.5, 0.6) is 0 Å². The van der Waals surface area contributed by atoms with Gasteiger partial charge >= 0.3 is 5.97 Å². The molecule has 2 heterocycles. The molecule has 0 amide bonds. The molecule has 0 saturated heterocycles. The summed E-state index contributed by atoms with van der Waals surface area (Å²) in [5, 5.41) is 0.460. The Labute approximate surface area is 172 Å². The van der Waals surface area contributed by atoms with Crippen molar-refractivity contribution in [3.05, 3.63) is 98.4 Å². The second-order valence-corrected chi connectivity index (χ2v) is 7.78. The Morgan fingerprint density at radius 3 is 2.38 bits per heavy atom. The van der Waals surface area contributed by atoms with Gasteiger partial charge in [0, 0.05) is 12.8 Å². The van der Waals surface area contributed by atoms with Crippen LogP contribution in [0, 0.1) is 6.92 Å². The minimum absolute atomic E-state index is 0.224. The van der Waals surface area contributed by atoms with Crippen LogP contribution >= 0.6 is 11.3 Å². The van der Waals surface area contributed by atoms with Gasteiger partial charge in [0.05, 0.1) is 12.0 Å². The van der Waals surface area contributed by atoms with E-state index in [1.807, 2.05) is 60.7 Å². The number of aromatic amines is 1. The highest BCUT2D eigenvalue weighted by Gasteiger charge is 2.20. The zero-order valence-corrected chi connectivity index (χ0v) is 16.8. The van der Waals surface area contributed by atoms with E-state index in [0.29, 0.717) is 45.9 Å². The van der Waals surface area contributed by atoms with E-state index < -0.39 is 5.97 Å². The average molecular weight is 404 g/mol. The number of thiophene rings is 1. The molecule has 0 unspecified atom stereocenters. The van der Waals surface area contributed by atoms with Gasteiger partial charge in [0.15, 0.2) is 0 Å². The predicted octanol–water partition coefficient (Wildman–Crippen LogP) is 4.28. The molecule has 0 fully saturated rings. The first-order chi connectivity index (χ1) is 14.1. The van der Waals surface area contributed by atoms with E-state index in [2.05, 4.69) is 9.97 Å². The lowest BCUT2D eigenvalue weighted by molar-refractivity contribution is 0.0514. The van der Waals surface area contributed by atoms with Crippen molar-refractivity contribution in [2.75, 3.05) is 6.61 Å². The van der Waals surface area contributed by atoms with Crippen LogP contribution in [0.2, 0.25) is 0 Å². The molecule has 4 aromatic rings. The quantitative estimate of drug-likeness (QED) is 0.487. The van der Waals surface area contributed by atoms with Crippen molar-refractivity contribution in [2.24, 2.45) is 0 Å². The van der Waals surface area contributed by atoms with Gasteiger partial charge in [-0.05, 0) is 23.6 Å². The first kappa shape index (κ1) is 19.1. The molecule has 1 N–H and O–H groups in total. The lowest BCUT2D eigenvalue weighted by Gasteiger charge is -2.04. The lowest BCUT2D eigenvalue weighted by atomic mass is 10.1. The molecule has 2 aromatic carbocycles. The fourth-order valence-corrected chi connectivity index (χ4v) is 4.32. The molecule has 0 aliphatic carbocycles. The monoisotopic (exact) mass is 404 g/mol. The van der Waals surface area contributed by atoms with E-state index in [1.165, 1.54) is 11.3 Å². The smallest absolute Gasteiger partial charge is 0.348 e. The summed E-state index contributed by atoms with van der Waals surface area (Å²) in [6.07, 6.45) is 1.18. The van der Waals surface area contributed by atoms with Crippen LogP contribution in [0.4, 0.5) is 0 Å². The van der Waals surface area contributed by atoms with Gasteiger partial charge < -0.3 is 9.72 Å². The number of esters is 1. The summed E-state index contributed by atoms with van der Waals surface area (Å²) >= 11 is 1.21. The Morgan fingerprint density at radius 2 is 1.69 bits per heavy atom. The standard InChI is InChI=1S/C23H20N2O3S/c1-15-19-21(26)24-18(14-17-10-6-3-7-11-17)25-22(19)29-20(15)23(27)28-13-12-16-8-4-2-5-9-16/h2-11H,12-14H2,1H3,(H,24,25,26).